The van der Waals surface area contributed by atoms with Crippen LogP contribution in [0.25, 0.3) is 0 Å². The molecule has 2 N–H and O–H groups in total. The van der Waals surface area contributed by atoms with Crippen LogP contribution in [-0.4, -0.2) is 50.2 Å². The summed E-state index contributed by atoms with van der Waals surface area (Å²) >= 11 is 0. The standard InChI is InChI=1S/C8H17NO3/c1-2-11-4-3-9-7-5-12-6-8(7)10/h7-10H,2-6H2,1H3. The maximum atomic E-state index is 9.32. The van der Waals surface area contributed by atoms with Crippen molar-refractivity contribution in [1.82, 2.24) is 5.32 Å². The van der Waals surface area contributed by atoms with Crippen molar-refractivity contribution in [1.29, 1.82) is 0 Å². The van der Waals surface area contributed by atoms with Gasteiger partial charge in [-0.2, -0.15) is 0 Å². The maximum Gasteiger partial charge on any atom is 0.0948 e. The molecule has 1 aliphatic rings. The minimum Gasteiger partial charge on any atom is -0.389 e. The number of hydrogen-bond donors (Lipinski definition) is 2. The van der Waals surface area contributed by atoms with E-state index in [1.54, 1.807) is 0 Å². The van der Waals surface area contributed by atoms with Gasteiger partial charge in [-0.3, -0.25) is 0 Å². The second-order valence-corrected chi connectivity index (χ2v) is 2.86. The summed E-state index contributed by atoms with van der Waals surface area (Å²) < 4.78 is 10.2. The summed E-state index contributed by atoms with van der Waals surface area (Å²) in [6, 6.07) is 0.0884. The van der Waals surface area contributed by atoms with Gasteiger partial charge in [0.15, 0.2) is 0 Å². The zero-order valence-corrected chi connectivity index (χ0v) is 7.45. The average molecular weight is 175 g/mol. The molecular formula is C8H17NO3. The monoisotopic (exact) mass is 175 g/mol. The summed E-state index contributed by atoms with van der Waals surface area (Å²) in [7, 11) is 0. The van der Waals surface area contributed by atoms with Crippen molar-refractivity contribution in [2.45, 2.75) is 19.1 Å². The van der Waals surface area contributed by atoms with Gasteiger partial charge in [0.1, 0.15) is 0 Å². The van der Waals surface area contributed by atoms with Crippen molar-refractivity contribution in [3.05, 3.63) is 0 Å². The predicted molar refractivity (Wildman–Crippen MR) is 45.1 cm³/mol. The SMILES string of the molecule is CCOCCNC1COCC1O. The van der Waals surface area contributed by atoms with Crippen LogP contribution in [0.2, 0.25) is 0 Å². The number of hydrogen-bond acceptors (Lipinski definition) is 4. The zero-order valence-electron chi connectivity index (χ0n) is 7.45. The van der Waals surface area contributed by atoms with Gasteiger partial charge in [0.2, 0.25) is 0 Å². The van der Waals surface area contributed by atoms with E-state index in [-0.39, 0.29) is 12.1 Å². The highest BCUT2D eigenvalue weighted by Crippen LogP contribution is 2.03. The lowest BCUT2D eigenvalue weighted by molar-refractivity contribution is 0.118. The van der Waals surface area contributed by atoms with Crippen molar-refractivity contribution < 1.29 is 14.6 Å². The van der Waals surface area contributed by atoms with Crippen LogP contribution in [0, 0.1) is 0 Å². The van der Waals surface area contributed by atoms with E-state index in [0.717, 1.165) is 13.2 Å². The van der Waals surface area contributed by atoms with Crippen LogP contribution in [0.4, 0.5) is 0 Å². The highest BCUT2D eigenvalue weighted by molar-refractivity contribution is 4.80. The first-order valence-corrected chi connectivity index (χ1v) is 4.41. The summed E-state index contributed by atoms with van der Waals surface area (Å²) in [6.07, 6.45) is -0.355. The van der Waals surface area contributed by atoms with Crippen molar-refractivity contribution in [3.8, 4) is 0 Å². The van der Waals surface area contributed by atoms with Crippen LogP contribution < -0.4 is 5.32 Å². The van der Waals surface area contributed by atoms with Gasteiger partial charge in [-0.25, -0.2) is 0 Å². The molecule has 4 heteroatoms. The molecular weight excluding hydrogens is 158 g/mol. The van der Waals surface area contributed by atoms with E-state index in [0.29, 0.717) is 19.8 Å². The number of rotatable bonds is 5. The molecule has 0 aromatic heterocycles. The molecule has 0 bridgehead atoms. The second-order valence-electron chi connectivity index (χ2n) is 2.86. The average Bonchev–Trinajstić information content (AvgIpc) is 2.46. The molecule has 1 rings (SSSR count). The molecule has 1 fully saturated rings. The van der Waals surface area contributed by atoms with Gasteiger partial charge in [0.25, 0.3) is 0 Å². The number of aliphatic hydroxyl groups excluding tert-OH is 1. The van der Waals surface area contributed by atoms with E-state index in [1.807, 2.05) is 6.92 Å². The first kappa shape index (κ1) is 9.92. The Labute approximate surface area is 72.9 Å². The highest BCUT2D eigenvalue weighted by atomic mass is 16.5. The van der Waals surface area contributed by atoms with Gasteiger partial charge in [0, 0.05) is 13.2 Å². The zero-order chi connectivity index (χ0) is 8.81. The summed E-state index contributed by atoms with van der Waals surface area (Å²) in [6.45, 7) is 5.23. The highest BCUT2D eigenvalue weighted by Gasteiger charge is 2.24. The van der Waals surface area contributed by atoms with E-state index >= 15 is 0 Å². The first-order valence-electron chi connectivity index (χ1n) is 4.41. The molecule has 2 unspecified atom stereocenters. The molecule has 1 saturated heterocycles. The fraction of sp³-hybridized carbons (Fsp3) is 1.00. The molecule has 0 aromatic rings. The maximum absolute atomic E-state index is 9.32. The van der Waals surface area contributed by atoms with Crippen molar-refractivity contribution in [2.75, 3.05) is 33.0 Å². The van der Waals surface area contributed by atoms with Crippen LogP contribution in [0.1, 0.15) is 6.92 Å². The summed E-state index contributed by atoms with van der Waals surface area (Å²) in [5.41, 5.74) is 0. The molecule has 0 saturated carbocycles. The predicted octanol–water partition coefficient (Wildman–Crippen LogP) is -0.628. The van der Waals surface area contributed by atoms with E-state index < -0.39 is 0 Å². The normalized spacial score (nSPS) is 29.5. The Bertz CT molecular complexity index is 121. The van der Waals surface area contributed by atoms with Crippen molar-refractivity contribution >= 4 is 0 Å². The lowest BCUT2D eigenvalue weighted by Crippen LogP contribution is -2.40. The summed E-state index contributed by atoms with van der Waals surface area (Å²) in [4.78, 5) is 0. The molecule has 72 valence electrons. The molecule has 2 atom stereocenters. The minimum atomic E-state index is -0.355. The smallest absolute Gasteiger partial charge is 0.0948 e. The lowest BCUT2D eigenvalue weighted by Gasteiger charge is -2.13. The van der Waals surface area contributed by atoms with Gasteiger partial charge >= 0.3 is 0 Å². The Morgan fingerprint density at radius 3 is 3.00 bits per heavy atom. The second kappa shape index (κ2) is 5.48. The molecule has 12 heavy (non-hydrogen) atoms. The van der Waals surface area contributed by atoms with Gasteiger partial charge in [-0.15, -0.1) is 0 Å². The quantitative estimate of drug-likeness (QED) is 0.546. The fourth-order valence-electron chi connectivity index (χ4n) is 1.20. The molecule has 0 spiro atoms. The van der Waals surface area contributed by atoms with E-state index in [1.165, 1.54) is 0 Å². The molecule has 1 aliphatic heterocycles. The van der Waals surface area contributed by atoms with Crippen LogP contribution in [0.15, 0.2) is 0 Å². The van der Waals surface area contributed by atoms with Gasteiger partial charge in [-0.05, 0) is 6.92 Å². The van der Waals surface area contributed by atoms with Crippen LogP contribution >= 0.6 is 0 Å². The molecule has 0 aromatic carbocycles. The number of aliphatic hydroxyl groups is 1. The van der Waals surface area contributed by atoms with E-state index in [4.69, 9.17) is 9.47 Å². The Kier molecular flexibility index (Phi) is 4.53. The van der Waals surface area contributed by atoms with Crippen LogP contribution in [0.3, 0.4) is 0 Å². The van der Waals surface area contributed by atoms with E-state index in [9.17, 15) is 5.11 Å². The van der Waals surface area contributed by atoms with Gasteiger partial charge in [0.05, 0.1) is 32.0 Å². The fourth-order valence-corrected chi connectivity index (χ4v) is 1.20. The van der Waals surface area contributed by atoms with Gasteiger partial charge in [-0.1, -0.05) is 0 Å². The third kappa shape index (κ3) is 3.06. The topological polar surface area (TPSA) is 50.7 Å². The molecule has 1 heterocycles. The third-order valence-corrected chi connectivity index (χ3v) is 1.91. The lowest BCUT2D eigenvalue weighted by atomic mass is 10.2. The third-order valence-electron chi connectivity index (χ3n) is 1.91. The van der Waals surface area contributed by atoms with Crippen LogP contribution in [0.5, 0.6) is 0 Å². The molecule has 0 radical (unpaired) electrons. The van der Waals surface area contributed by atoms with Crippen molar-refractivity contribution in [2.24, 2.45) is 0 Å². The van der Waals surface area contributed by atoms with E-state index in [2.05, 4.69) is 5.32 Å². The molecule has 0 amide bonds. The van der Waals surface area contributed by atoms with Crippen LogP contribution in [-0.2, 0) is 9.47 Å². The Morgan fingerprint density at radius 1 is 1.58 bits per heavy atom. The molecule has 4 nitrogen and oxygen atoms in total. The summed E-state index contributed by atoms with van der Waals surface area (Å²) in [5, 5.41) is 12.5. The first-order chi connectivity index (χ1) is 5.84. The van der Waals surface area contributed by atoms with Crippen molar-refractivity contribution in [3.63, 3.8) is 0 Å². The molecule has 0 aliphatic carbocycles. The Balaban J connectivity index is 1.98. The number of ether oxygens (including phenoxy) is 2. The Hall–Kier alpha value is -0.160. The Morgan fingerprint density at radius 2 is 2.42 bits per heavy atom. The summed E-state index contributed by atoms with van der Waals surface area (Å²) in [5.74, 6) is 0. The minimum absolute atomic E-state index is 0.0884. The largest absolute Gasteiger partial charge is 0.389 e. The van der Waals surface area contributed by atoms with Gasteiger partial charge < -0.3 is 19.9 Å². The number of nitrogens with one attached hydrogen (secondary N) is 1.